The van der Waals surface area contributed by atoms with Gasteiger partial charge in [-0.1, -0.05) is 20.3 Å². The van der Waals surface area contributed by atoms with Crippen LogP contribution in [0.5, 0.6) is 0 Å². The van der Waals surface area contributed by atoms with Crippen molar-refractivity contribution in [2.45, 2.75) is 47.0 Å². The van der Waals surface area contributed by atoms with Crippen LogP contribution in [0.25, 0.3) is 0 Å². The predicted molar refractivity (Wildman–Crippen MR) is 72.2 cm³/mol. The largest absolute Gasteiger partial charge is 0.481 e. The standard InChI is InChI=1S/C14H26N2O2/c1-5-16(10-12(2)13(17)18)9-7-6-8-14(3,4)11-15/h12H,5-10H2,1-4H3,(H,17,18). The van der Waals surface area contributed by atoms with Crippen LogP contribution in [0.4, 0.5) is 0 Å². The van der Waals surface area contributed by atoms with Gasteiger partial charge in [-0.05, 0) is 39.8 Å². The molecule has 0 saturated heterocycles. The van der Waals surface area contributed by atoms with E-state index in [1.807, 2.05) is 20.8 Å². The molecular formula is C14H26N2O2. The van der Waals surface area contributed by atoms with Crippen LogP contribution in [0.15, 0.2) is 0 Å². The number of unbranched alkanes of at least 4 members (excludes halogenated alkanes) is 1. The minimum absolute atomic E-state index is 0.245. The summed E-state index contributed by atoms with van der Waals surface area (Å²) in [5.74, 6) is -1.06. The van der Waals surface area contributed by atoms with E-state index in [9.17, 15) is 4.79 Å². The normalized spacial score (nSPS) is 13.3. The summed E-state index contributed by atoms with van der Waals surface area (Å²) < 4.78 is 0. The van der Waals surface area contributed by atoms with E-state index in [0.717, 1.165) is 32.4 Å². The Morgan fingerprint density at radius 1 is 1.44 bits per heavy atom. The van der Waals surface area contributed by atoms with Crippen LogP contribution in [-0.4, -0.2) is 35.6 Å². The van der Waals surface area contributed by atoms with Crippen molar-refractivity contribution >= 4 is 5.97 Å². The molecule has 0 bridgehead atoms. The lowest BCUT2D eigenvalue weighted by Gasteiger charge is -2.23. The molecule has 0 fully saturated rings. The van der Waals surface area contributed by atoms with E-state index in [0.29, 0.717) is 6.54 Å². The van der Waals surface area contributed by atoms with E-state index in [4.69, 9.17) is 10.4 Å². The van der Waals surface area contributed by atoms with Crippen molar-refractivity contribution in [3.63, 3.8) is 0 Å². The van der Waals surface area contributed by atoms with Gasteiger partial charge < -0.3 is 10.0 Å². The Labute approximate surface area is 111 Å². The number of hydrogen-bond acceptors (Lipinski definition) is 3. The molecule has 4 heteroatoms. The molecule has 1 unspecified atom stereocenters. The highest BCUT2D eigenvalue weighted by Gasteiger charge is 2.17. The number of rotatable bonds is 9. The van der Waals surface area contributed by atoms with Crippen LogP contribution in [0, 0.1) is 22.7 Å². The Morgan fingerprint density at radius 2 is 2.06 bits per heavy atom. The summed E-state index contributed by atoms with van der Waals surface area (Å²) in [6, 6.07) is 2.30. The molecule has 0 aromatic rings. The summed E-state index contributed by atoms with van der Waals surface area (Å²) in [6.45, 7) is 10.1. The highest BCUT2D eigenvalue weighted by Crippen LogP contribution is 2.21. The molecule has 0 aliphatic heterocycles. The topological polar surface area (TPSA) is 64.3 Å². The SMILES string of the molecule is CCN(CCCCC(C)(C)C#N)CC(C)C(=O)O. The predicted octanol–water partition coefficient (Wildman–Crippen LogP) is 2.75. The van der Waals surface area contributed by atoms with Crippen molar-refractivity contribution < 1.29 is 9.90 Å². The van der Waals surface area contributed by atoms with E-state index in [-0.39, 0.29) is 11.3 Å². The second-order valence-electron chi connectivity index (χ2n) is 5.59. The molecule has 0 spiro atoms. The first-order chi connectivity index (χ1) is 8.32. The van der Waals surface area contributed by atoms with Gasteiger partial charge >= 0.3 is 5.97 Å². The van der Waals surface area contributed by atoms with Crippen molar-refractivity contribution in [3.05, 3.63) is 0 Å². The maximum absolute atomic E-state index is 10.8. The third kappa shape index (κ3) is 7.29. The molecule has 4 nitrogen and oxygen atoms in total. The van der Waals surface area contributed by atoms with Gasteiger partial charge in [0.05, 0.1) is 17.4 Å². The van der Waals surface area contributed by atoms with E-state index >= 15 is 0 Å². The van der Waals surface area contributed by atoms with Crippen LogP contribution >= 0.6 is 0 Å². The Bertz CT molecular complexity index is 295. The van der Waals surface area contributed by atoms with E-state index < -0.39 is 5.97 Å². The third-order valence-corrected chi connectivity index (χ3v) is 3.23. The van der Waals surface area contributed by atoms with Gasteiger partial charge in [0, 0.05) is 6.54 Å². The van der Waals surface area contributed by atoms with Gasteiger partial charge in [-0.15, -0.1) is 0 Å². The molecule has 1 atom stereocenters. The molecule has 0 amide bonds. The van der Waals surface area contributed by atoms with E-state index in [2.05, 4.69) is 11.0 Å². The molecular weight excluding hydrogens is 228 g/mol. The fourth-order valence-electron chi connectivity index (χ4n) is 1.80. The second kappa shape index (κ2) is 8.10. The molecule has 0 aliphatic carbocycles. The molecule has 18 heavy (non-hydrogen) atoms. The number of nitriles is 1. The van der Waals surface area contributed by atoms with Crippen LogP contribution < -0.4 is 0 Å². The molecule has 0 radical (unpaired) electrons. The molecule has 0 rings (SSSR count). The zero-order valence-corrected chi connectivity index (χ0v) is 12.1. The summed E-state index contributed by atoms with van der Waals surface area (Å²) in [7, 11) is 0. The van der Waals surface area contributed by atoms with Gasteiger partial charge in [-0.25, -0.2) is 0 Å². The van der Waals surface area contributed by atoms with Crippen molar-refractivity contribution in [2.75, 3.05) is 19.6 Å². The summed E-state index contributed by atoms with van der Waals surface area (Å²) in [4.78, 5) is 13.0. The second-order valence-corrected chi connectivity index (χ2v) is 5.59. The van der Waals surface area contributed by atoms with Gasteiger partial charge in [0.25, 0.3) is 0 Å². The van der Waals surface area contributed by atoms with Gasteiger partial charge in [-0.2, -0.15) is 5.26 Å². The van der Waals surface area contributed by atoms with Crippen molar-refractivity contribution in [3.8, 4) is 6.07 Å². The summed E-state index contributed by atoms with van der Waals surface area (Å²) in [5, 5.41) is 17.8. The van der Waals surface area contributed by atoms with Crippen LogP contribution in [-0.2, 0) is 4.79 Å². The van der Waals surface area contributed by atoms with Gasteiger partial charge in [-0.3, -0.25) is 4.79 Å². The van der Waals surface area contributed by atoms with Gasteiger partial charge in [0.2, 0.25) is 0 Å². The molecule has 104 valence electrons. The average Bonchev–Trinajstić information content (AvgIpc) is 2.32. The van der Waals surface area contributed by atoms with Gasteiger partial charge in [0.1, 0.15) is 0 Å². The van der Waals surface area contributed by atoms with E-state index in [1.165, 1.54) is 0 Å². The van der Waals surface area contributed by atoms with Crippen LogP contribution in [0.3, 0.4) is 0 Å². The van der Waals surface area contributed by atoms with Crippen molar-refractivity contribution in [1.29, 1.82) is 5.26 Å². The summed E-state index contributed by atoms with van der Waals surface area (Å²) >= 11 is 0. The highest BCUT2D eigenvalue weighted by molar-refractivity contribution is 5.69. The lowest BCUT2D eigenvalue weighted by Crippen LogP contribution is -2.32. The molecule has 1 N–H and O–H groups in total. The van der Waals surface area contributed by atoms with E-state index in [1.54, 1.807) is 6.92 Å². The first-order valence-electron chi connectivity index (χ1n) is 6.68. The number of carboxylic acid groups (broad SMARTS) is 1. The maximum atomic E-state index is 10.8. The molecule has 0 saturated carbocycles. The summed E-state index contributed by atoms with van der Waals surface area (Å²) in [6.07, 6.45) is 2.93. The number of nitrogens with zero attached hydrogens (tertiary/aromatic N) is 2. The monoisotopic (exact) mass is 254 g/mol. The molecule has 0 heterocycles. The third-order valence-electron chi connectivity index (χ3n) is 3.23. The Kier molecular flexibility index (Phi) is 7.61. The average molecular weight is 254 g/mol. The first kappa shape index (κ1) is 16.9. The van der Waals surface area contributed by atoms with Gasteiger partial charge in [0.15, 0.2) is 0 Å². The lowest BCUT2D eigenvalue weighted by atomic mass is 9.89. The zero-order chi connectivity index (χ0) is 14.2. The first-order valence-corrected chi connectivity index (χ1v) is 6.68. The summed E-state index contributed by atoms with van der Waals surface area (Å²) in [5.41, 5.74) is -0.245. The Hall–Kier alpha value is -1.08. The lowest BCUT2D eigenvalue weighted by molar-refractivity contribution is -0.141. The number of carbonyl (C=O) groups is 1. The number of hydrogen-bond donors (Lipinski definition) is 1. The highest BCUT2D eigenvalue weighted by atomic mass is 16.4. The smallest absolute Gasteiger partial charge is 0.307 e. The quantitative estimate of drug-likeness (QED) is 0.643. The van der Waals surface area contributed by atoms with Crippen molar-refractivity contribution in [2.24, 2.45) is 11.3 Å². The molecule has 0 aromatic carbocycles. The van der Waals surface area contributed by atoms with Crippen LogP contribution in [0.1, 0.15) is 47.0 Å². The zero-order valence-electron chi connectivity index (χ0n) is 12.1. The fourth-order valence-corrected chi connectivity index (χ4v) is 1.80. The number of carboxylic acids is 1. The fraction of sp³-hybridized carbons (Fsp3) is 0.857. The Balaban J connectivity index is 3.89. The maximum Gasteiger partial charge on any atom is 0.307 e. The Morgan fingerprint density at radius 3 is 2.50 bits per heavy atom. The van der Waals surface area contributed by atoms with Crippen molar-refractivity contribution in [1.82, 2.24) is 4.90 Å². The minimum atomic E-state index is -0.737. The van der Waals surface area contributed by atoms with Crippen LogP contribution in [0.2, 0.25) is 0 Å². The minimum Gasteiger partial charge on any atom is -0.481 e. The molecule has 0 aromatic heterocycles. The molecule has 0 aliphatic rings. The number of aliphatic carboxylic acids is 1.